The van der Waals surface area contributed by atoms with Gasteiger partial charge >= 0.3 is 19.8 Å². The summed E-state index contributed by atoms with van der Waals surface area (Å²) in [6.45, 7) is 4.34. The van der Waals surface area contributed by atoms with E-state index in [4.69, 9.17) is 18.5 Å². The molecule has 0 heterocycles. The Morgan fingerprint density at radius 2 is 1.12 bits per heavy atom. The number of hydrogen-bond acceptors (Lipinski definition) is 7. The van der Waals surface area contributed by atoms with Gasteiger partial charge in [-0.05, 0) is 38.5 Å². The molecule has 0 aliphatic heterocycles. The number of ether oxygens (including phenoxy) is 2. The van der Waals surface area contributed by atoms with Gasteiger partial charge in [-0.15, -0.1) is 0 Å². The average Bonchev–Trinajstić information content (AvgIpc) is 3.04. The van der Waals surface area contributed by atoms with Gasteiger partial charge in [0.2, 0.25) is 0 Å². The lowest BCUT2D eigenvalue weighted by Gasteiger charge is -2.24. The number of phosphoric ester groups is 1. The van der Waals surface area contributed by atoms with Crippen molar-refractivity contribution in [2.75, 3.05) is 47.5 Å². The topological polar surface area (TPSA) is 108 Å². The molecule has 1 N–H and O–H groups in total. The molecule has 0 spiro atoms. The van der Waals surface area contributed by atoms with E-state index >= 15 is 0 Å². The van der Waals surface area contributed by atoms with Gasteiger partial charge in [-0.25, -0.2) is 4.57 Å². The van der Waals surface area contributed by atoms with Crippen molar-refractivity contribution in [2.45, 2.75) is 168 Å². The van der Waals surface area contributed by atoms with E-state index in [2.05, 4.69) is 38.2 Å². The molecule has 0 bridgehead atoms. The first-order chi connectivity index (χ1) is 23.5. The number of likely N-dealkylation sites (N-methyl/N-ethyl adjacent to an activating group) is 1. The van der Waals surface area contributed by atoms with Crippen LogP contribution in [0.1, 0.15) is 162 Å². The molecule has 2 atom stereocenters. The minimum atomic E-state index is -4.37. The van der Waals surface area contributed by atoms with E-state index in [0.29, 0.717) is 17.4 Å². The molecule has 0 rings (SSSR count). The minimum Gasteiger partial charge on any atom is -0.462 e. The summed E-state index contributed by atoms with van der Waals surface area (Å²) in [5.74, 6) is -0.815. The summed E-state index contributed by atoms with van der Waals surface area (Å²) >= 11 is 0. The fraction of sp³-hybridized carbons (Fsp3) is 0.846. The maximum atomic E-state index is 12.6. The van der Waals surface area contributed by atoms with Gasteiger partial charge in [0.15, 0.2) is 6.10 Å². The van der Waals surface area contributed by atoms with Gasteiger partial charge < -0.3 is 18.9 Å². The molecule has 0 amide bonds. The van der Waals surface area contributed by atoms with E-state index in [1.165, 1.54) is 64.2 Å². The highest BCUT2D eigenvalue weighted by atomic mass is 31.2. The lowest BCUT2D eigenvalue weighted by Crippen LogP contribution is -2.37. The van der Waals surface area contributed by atoms with Crippen LogP contribution in [0.25, 0.3) is 0 Å². The summed E-state index contributed by atoms with van der Waals surface area (Å²) in [5, 5.41) is 0. The van der Waals surface area contributed by atoms with E-state index in [1.54, 1.807) is 0 Å². The first-order valence-electron chi connectivity index (χ1n) is 19.6. The molecule has 49 heavy (non-hydrogen) atoms. The highest BCUT2D eigenvalue weighted by molar-refractivity contribution is 7.47. The molecule has 10 heteroatoms. The number of esters is 2. The van der Waals surface area contributed by atoms with Crippen LogP contribution in [-0.4, -0.2) is 74.9 Å². The molecule has 0 aromatic heterocycles. The summed E-state index contributed by atoms with van der Waals surface area (Å²) in [6, 6.07) is 0. The Labute approximate surface area is 300 Å². The molecule has 0 radical (unpaired) electrons. The maximum absolute atomic E-state index is 12.6. The number of carbonyl (C=O) groups is 2. The maximum Gasteiger partial charge on any atom is 0.472 e. The van der Waals surface area contributed by atoms with Crippen molar-refractivity contribution in [1.29, 1.82) is 0 Å². The Kier molecular flexibility index (Phi) is 31.4. The van der Waals surface area contributed by atoms with Crippen molar-refractivity contribution in [1.82, 2.24) is 0 Å². The number of phosphoric acid groups is 1. The molecule has 0 aromatic rings. The number of unbranched alkanes of at least 4 members (excludes halogenated alkanes) is 17. The fourth-order valence-corrected chi connectivity index (χ4v) is 5.83. The van der Waals surface area contributed by atoms with Crippen LogP contribution in [0.5, 0.6) is 0 Å². The molecule has 288 valence electrons. The molecule has 0 aromatic carbocycles. The number of rotatable bonds is 35. The van der Waals surface area contributed by atoms with Crippen molar-refractivity contribution in [3.05, 3.63) is 24.3 Å². The molecule has 0 fully saturated rings. The molecular weight excluding hydrogens is 641 g/mol. The van der Waals surface area contributed by atoms with E-state index < -0.39 is 26.5 Å². The first kappa shape index (κ1) is 47.5. The van der Waals surface area contributed by atoms with Crippen molar-refractivity contribution < 1.29 is 42.1 Å². The zero-order chi connectivity index (χ0) is 36.5. The van der Waals surface area contributed by atoms with E-state index in [0.717, 1.165) is 64.2 Å². The zero-order valence-electron chi connectivity index (χ0n) is 32.2. The van der Waals surface area contributed by atoms with Gasteiger partial charge in [0.25, 0.3) is 0 Å². The van der Waals surface area contributed by atoms with E-state index in [1.807, 2.05) is 21.1 Å². The summed E-state index contributed by atoms with van der Waals surface area (Å²) in [6.07, 6.45) is 32.2. The summed E-state index contributed by atoms with van der Waals surface area (Å²) in [5.41, 5.74) is 0. The number of hydrogen-bond donors (Lipinski definition) is 1. The van der Waals surface area contributed by atoms with Crippen LogP contribution in [0.3, 0.4) is 0 Å². The average molecular weight is 717 g/mol. The van der Waals surface area contributed by atoms with Crippen molar-refractivity contribution in [3.63, 3.8) is 0 Å². The SMILES string of the molecule is CCCC/C=C\C/C=C\CCCCCCCC(=O)O[C@H](COC(=O)CCCCCCCCCCCCC)COP(=O)(O)OCC[N+](C)(C)C. The standard InChI is InChI=1S/C39H74NO8P/c1-6-8-10-12-14-16-18-19-20-22-24-26-28-30-32-39(42)48-37(36-47-49(43,44)46-34-33-40(3,4)5)35-45-38(41)31-29-27-25-23-21-17-15-13-11-9-7-2/h12,14,18-19,37H,6-11,13,15-17,20-36H2,1-5H3/p+1/b14-12-,19-18-/t37-/m1/s1. The lowest BCUT2D eigenvalue weighted by atomic mass is 10.1. The molecule has 0 aliphatic rings. The fourth-order valence-electron chi connectivity index (χ4n) is 5.09. The predicted molar refractivity (Wildman–Crippen MR) is 201 cm³/mol. The number of quaternary nitrogens is 1. The highest BCUT2D eigenvalue weighted by Gasteiger charge is 2.27. The predicted octanol–water partition coefficient (Wildman–Crippen LogP) is 10.4. The van der Waals surface area contributed by atoms with Gasteiger partial charge in [-0.1, -0.05) is 134 Å². The van der Waals surface area contributed by atoms with Crippen LogP contribution in [0, 0.1) is 0 Å². The van der Waals surface area contributed by atoms with Gasteiger partial charge in [0, 0.05) is 12.8 Å². The van der Waals surface area contributed by atoms with Crippen LogP contribution in [0.4, 0.5) is 0 Å². The van der Waals surface area contributed by atoms with Crippen molar-refractivity contribution in [3.8, 4) is 0 Å². The first-order valence-corrected chi connectivity index (χ1v) is 21.1. The summed E-state index contributed by atoms with van der Waals surface area (Å²) in [7, 11) is 1.47. The van der Waals surface area contributed by atoms with Crippen LogP contribution in [-0.2, 0) is 32.7 Å². The van der Waals surface area contributed by atoms with Gasteiger partial charge in [-0.2, -0.15) is 0 Å². The lowest BCUT2D eigenvalue weighted by molar-refractivity contribution is -0.870. The summed E-state index contributed by atoms with van der Waals surface area (Å²) in [4.78, 5) is 35.2. The number of nitrogens with zero attached hydrogens (tertiary/aromatic N) is 1. The van der Waals surface area contributed by atoms with E-state index in [9.17, 15) is 19.0 Å². The van der Waals surface area contributed by atoms with Crippen LogP contribution in [0.2, 0.25) is 0 Å². The molecule has 0 aliphatic carbocycles. The Hall–Kier alpha value is -1.51. The molecule has 0 saturated carbocycles. The highest BCUT2D eigenvalue weighted by Crippen LogP contribution is 2.43. The van der Waals surface area contributed by atoms with Gasteiger partial charge in [0.05, 0.1) is 27.7 Å². The second-order valence-electron chi connectivity index (χ2n) is 14.3. The Bertz CT molecular complexity index is 902. The van der Waals surface area contributed by atoms with Crippen molar-refractivity contribution in [2.24, 2.45) is 0 Å². The number of allylic oxidation sites excluding steroid dienone is 4. The van der Waals surface area contributed by atoms with Gasteiger partial charge in [0.1, 0.15) is 19.8 Å². The quantitative estimate of drug-likeness (QED) is 0.0227. The van der Waals surface area contributed by atoms with Crippen LogP contribution < -0.4 is 0 Å². The largest absolute Gasteiger partial charge is 0.472 e. The minimum absolute atomic E-state index is 0.0302. The normalized spacial score (nSPS) is 14.0. The Morgan fingerprint density at radius 1 is 0.633 bits per heavy atom. The molecule has 9 nitrogen and oxygen atoms in total. The van der Waals surface area contributed by atoms with Crippen LogP contribution >= 0.6 is 7.82 Å². The summed E-state index contributed by atoms with van der Waals surface area (Å²) < 4.78 is 34.1. The monoisotopic (exact) mass is 717 g/mol. The smallest absolute Gasteiger partial charge is 0.462 e. The zero-order valence-corrected chi connectivity index (χ0v) is 33.1. The molecular formula is C39H75NO8P+. The number of carbonyl (C=O) groups excluding carboxylic acids is 2. The second kappa shape index (κ2) is 32.4. The third-order valence-electron chi connectivity index (χ3n) is 8.23. The Morgan fingerprint density at radius 3 is 1.67 bits per heavy atom. The Balaban J connectivity index is 4.45. The second-order valence-corrected chi connectivity index (χ2v) is 15.8. The third-order valence-corrected chi connectivity index (χ3v) is 9.22. The van der Waals surface area contributed by atoms with Gasteiger partial charge in [-0.3, -0.25) is 18.6 Å². The van der Waals surface area contributed by atoms with Crippen molar-refractivity contribution >= 4 is 19.8 Å². The molecule has 0 saturated heterocycles. The van der Waals surface area contributed by atoms with Crippen LogP contribution in [0.15, 0.2) is 24.3 Å². The van der Waals surface area contributed by atoms with E-state index in [-0.39, 0.29) is 32.0 Å². The third kappa shape index (κ3) is 36.1. The molecule has 1 unspecified atom stereocenters.